The first kappa shape index (κ1) is 14.5. The molecule has 0 aromatic heterocycles. The predicted molar refractivity (Wildman–Crippen MR) is 53.3 cm³/mol. The quantitative estimate of drug-likeness (QED) is 0.669. The van der Waals surface area contributed by atoms with Crippen LogP contribution in [0.2, 0.25) is 0 Å². The molecule has 13 heavy (non-hydrogen) atoms. The number of carbonyl (C=O) groups excluding carboxylic acids is 2. The van der Waals surface area contributed by atoms with Crippen LogP contribution in [0.5, 0.6) is 0 Å². The fourth-order valence-corrected chi connectivity index (χ4v) is 0.655. The van der Waals surface area contributed by atoms with Gasteiger partial charge in [0, 0.05) is 26.4 Å². The first-order valence-electron chi connectivity index (χ1n) is 4.41. The van der Waals surface area contributed by atoms with E-state index in [4.69, 9.17) is 0 Å². The maximum atomic E-state index is 10.1. The molecule has 0 spiro atoms. The van der Waals surface area contributed by atoms with Crippen LogP contribution in [0.25, 0.3) is 0 Å². The van der Waals surface area contributed by atoms with E-state index in [1.54, 1.807) is 0 Å². The zero-order chi connectivity index (χ0) is 10.9. The maximum absolute atomic E-state index is 10.1. The van der Waals surface area contributed by atoms with Crippen molar-refractivity contribution < 1.29 is 9.59 Å². The fourth-order valence-electron chi connectivity index (χ4n) is 0.655. The molecule has 4 nitrogen and oxygen atoms in total. The SMILES string of the molecule is CC(=O)NC(C)C.CCNC(C)=O. The summed E-state index contributed by atoms with van der Waals surface area (Å²) >= 11 is 0. The van der Waals surface area contributed by atoms with Crippen molar-refractivity contribution in [3.05, 3.63) is 0 Å². The molecular formula is C9H20N2O2. The minimum atomic E-state index is 0.0370. The first-order chi connectivity index (χ1) is 5.90. The molecule has 2 amide bonds. The summed E-state index contributed by atoms with van der Waals surface area (Å²) in [7, 11) is 0. The van der Waals surface area contributed by atoms with Gasteiger partial charge in [0.05, 0.1) is 0 Å². The van der Waals surface area contributed by atoms with Crippen LogP contribution >= 0.6 is 0 Å². The van der Waals surface area contributed by atoms with Gasteiger partial charge in [-0.05, 0) is 20.8 Å². The van der Waals surface area contributed by atoms with Crippen molar-refractivity contribution in [3.8, 4) is 0 Å². The van der Waals surface area contributed by atoms with Gasteiger partial charge in [-0.15, -0.1) is 0 Å². The number of nitrogens with one attached hydrogen (secondary N) is 2. The number of hydrogen-bond donors (Lipinski definition) is 2. The molecule has 0 atom stereocenters. The maximum Gasteiger partial charge on any atom is 0.217 e. The number of amides is 2. The molecule has 0 bridgehead atoms. The first-order valence-corrected chi connectivity index (χ1v) is 4.41. The Morgan fingerprint density at radius 3 is 1.62 bits per heavy atom. The van der Waals surface area contributed by atoms with Crippen molar-refractivity contribution in [1.82, 2.24) is 10.6 Å². The largest absolute Gasteiger partial charge is 0.357 e. The molecule has 0 aromatic carbocycles. The lowest BCUT2D eigenvalue weighted by atomic mass is 10.4. The molecule has 0 rings (SSSR count). The number of carbonyl (C=O) groups is 2. The van der Waals surface area contributed by atoms with Crippen molar-refractivity contribution in [1.29, 1.82) is 0 Å². The van der Waals surface area contributed by atoms with Gasteiger partial charge < -0.3 is 10.6 Å². The Labute approximate surface area is 80.1 Å². The number of hydrogen-bond acceptors (Lipinski definition) is 2. The molecule has 0 radical (unpaired) electrons. The highest BCUT2D eigenvalue weighted by Gasteiger charge is 1.91. The van der Waals surface area contributed by atoms with Gasteiger partial charge in [-0.2, -0.15) is 0 Å². The Morgan fingerprint density at radius 1 is 1.15 bits per heavy atom. The molecule has 2 N–H and O–H groups in total. The number of rotatable bonds is 2. The molecule has 0 aromatic rings. The molecule has 0 fully saturated rings. The van der Waals surface area contributed by atoms with Gasteiger partial charge in [0.2, 0.25) is 11.8 Å². The van der Waals surface area contributed by atoms with Crippen molar-refractivity contribution in [3.63, 3.8) is 0 Å². The van der Waals surface area contributed by atoms with E-state index >= 15 is 0 Å². The van der Waals surface area contributed by atoms with Crippen LogP contribution in [0.15, 0.2) is 0 Å². The lowest BCUT2D eigenvalue weighted by Crippen LogP contribution is -2.27. The highest BCUT2D eigenvalue weighted by atomic mass is 16.2. The van der Waals surface area contributed by atoms with Crippen molar-refractivity contribution in [2.24, 2.45) is 0 Å². The van der Waals surface area contributed by atoms with Crippen LogP contribution in [0.4, 0.5) is 0 Å². The zero-order valence-corrected chi connectivity index (χ0v) is 9.10. The van der Waals surface area contributed by atoms with Crippen LogP contribution in [0.1, 0.15) is 34.6 Å². The van der Waals surface area contributed by atoms with Crippen LogP contribution in [0.3, 0.4) is 0 Å². The molecule has 78 valence electrons. The minimum Gasteiger partial charge on any atom is -0.357 e. The molecular weight excluding hydrogens is 168 g/mol. The van der Waals surface area contributed by atoms with Crippen LogP contribution in [0, 0.1) is 0 Å². The van der Waals surface area contributed by atoms with Gasteiger partial charge in [0.25, 0.3) is 0 Å². The summed E-state index contributed by atoms with van der Waals surface area (Å²) in [5.41, 5.74) is 0. The fraction of sp³-hybridized carbons (Fsp3) is 0.778. The van der Waals surface area contributed by atoms with E-state index < -0.39 is 0 Å². The van der Waals surface area contributed by atoms with E-state index in [1.807, 2.05) is 20.8 Å². The zero-order valence-electron chi connectivity index (χ0n) is 9.10. The van der Waals surface area contributed by atoms with Crippen LogP contribution in [-0.4, -0.2) is 24.4 Å². The lowest BCUT2D eigenvalue weighted by Gasteiger charge is -2.02. The minimum absolute atomic E-state index is 0.0370. The van der Waals surface area contributed by atoms with Gasteiger partial charge in [0.15, 0.2) is 0 Å². The third-order valence-electron chi connectivity index (χ3n) is 0.918. The molecule has 0 saturated carbocycles. The Hall–Kier alpha value is -1.06. The Morgan fingerprint density at radius 2 is 1.62 bits per heavy atom. The summed E-state index contributed by atoms with van der Waals surface area (Å²) in [6.45, 7) is 9.50. The second kappa shape index (κ2) is 9.03. The van der Waals surface area contributed by atoms with E-state index in [0.717, 1.165) is 6.54 Å². The molecule has 0 heterocycles. The molecule has 0 saturated heterocycles. The Bertz CT molecular complexity index is 156. The highest BCUT2D eigenvalue weighted by molar-refractivity contribution is 5.73. The van der Waals surface area contributed by atoms with Crippen molar-refractivity contribution in [2.75, 3.05) is 6.54 Å². The average molecular weight is 188 g/mol. The van der Waals surface area contributed by atoms with E-state index in [9.17, 15) is 9.59 Å². The van der Waals surface area contributed by atoms with Gasteiger partial charge in [-0.1, -0.05) is 0 Å². The average Bonchev–Trinajstić information content (AvgIpc) is 1.83. The summed E-state index contributed by atoms with van der Waals surface area (Å²) < 4.78 is 0. The van der Waals surface area contributed by atoms with E-state index in [0.29, 0.717) is 0 Å². The van der Waals surface area contributed by atoms with Crippen LogP contribution in [-0.2, 0) is 9.59 Å². The predicted octanol–water partition coefficient (Wildman–Crippen LogP) is 0.673. The standard InChI is InChI=1S/C5H11NO.C4H9NO/c1-4(2)6-5(3)7;1-3-5-4(2)6/h4H,1-3H3,(H,6,7);3H2,1-2H3,(H,5,6). The summed E-state index contributed by atoms with van der Waals surface area (Å²) in [6.07, 6.45) is 0. The summed E-state index contributed by atoms with van der Waals surface area (Å²) in [5.74, 6) is 0.0764. The van der Waals surface area contributed by atoms with Gasteiger partial charge in [-0.25, -0.2) is 0 Å². The molecule has 0 aliphatic carbocycles. The van der Waals surface area contributed by atoms with Gasteiger partial charge >= 0.3 is 0 Å². The van der Waals surface area contributed by atoms with E-state index in [2.05, 4.69) is 10.6 Å². The second-order valence-electron chi connectivity index (χ2n) is 2.94. The molecule has 4 heteroatoms. The van der Waals surface area contributed by atoms with Crippen molar-refractivity contribution in [2.45, 2.75) is 40.7 Å². The highest BCUT2D eigenvalue weighted by Crippen LogP contribution is 1.72. The van der Waals surface area contributed by atoms with Crippen LogP contribution < -0.4 is 10.6 Å². The second-order valence-corrected chi connectivity index (χ2v) is 2.94. The molecule has 0 aliphatic rings. The lowest BCUT2D eigenvalue weighted by molar-refractivity contribution is -0.120. The smallest absolute Gasteiger partial charge is 0.217 e. The summed E-state index contributed by atoms with van der Waals surface area (Å²) in [5, 5.41) is 5.24. The third-order valence-corrected chi connectivity index (χ3v) is 0.918. The third kappa shape index (κ3) is 24.8. The van der Waals surface area contributed by atoms with Crippen molar-refractivity contribution >= 4 is 11.8 Å². The molecule has 0 unspecified atom stereocenters. The van der Waals surface area contributed by atoms with Gasteiger partial charge in [0.1, 0.15) is 0 Å². The summed E-state index contributed by atoms with van der Waals surface area (Å²) in [6, 6.07) is 0.275. The monoisotopic (exact) mass is 188 g/mol. The summed E-state index contributed by atoms with van der Waals surface area (Å²) in [4.78, 5) is 20.1. The van der Waals surface area contributed by atoms with Gasteiger partial charge in [-0.3, -0.25) is 9.59 Å². The Balaban J connectivity index is 0. The normalized spacial score (nSPS) is 8.46. The Kier molecular flexibility index (Phi) is 10.0. The topological polar surface area (TPSA) is 58.2 Å². The van der Waals surface area contributed by atoms with E-state index in [-0.39, 0.29) is 17.9 Å². The van der Waals surface area contributed by atoms with E-state index in [1.165, 1.54) is 13.8 Å². The molecule has 0 aliphatic heterocycles.